The lowest BCUT2D eigenvalue weighted by Gasteiger charge is -2.47. The predicted octanol–water partition coefficient (Wildman–Crippen LogP) is 8.84. The number of aromatic nitrogens is 1. The number of rotatable bonds is 8. The molecule has 1 N–H and O–H groups in total. The van der Waals surface area contributed by atoms with Gasteiger partial charge in [0, 0.05) is 34.6 Å². The fourth-order valence-corrected chi connectivity index (χ4v) is 9.30. The van der Waals surface area contributed by atoms with Gasteiger partial charge in [0.25, 0.3) is 0 Å². The second-order valence-electron chi connectivity index (χ2n) is 14.9. The number of aryl methyl sites for hydroxylation is 1. The molecular weight excluding hydrogens is 624 g/mol. The summed E-state index contributed by atoms with van der Waals surface area (Å²) in [5, 5.41) is 4.21. The molecule has 0 unspecified atom stereocenters. The zero-order valence-electron chi connectivity index (χ0n) is 28.8. The molecule has 4 atom stereocenters. The fraction of sp³-hybridized carbons (Fsp3) is 0.550. The molecule has 1 spiro atoms. The van der Waals surface area contributed by atoms with Crippen LogP contribution in [0.5, 0.6) is 17.2 Å². The highest BCUT2D eigenvalue weighted by Gasteiger charge is 2.55. The fourth-order valence-electron chi connectivity index (χ4n) is 9.11. The number of nitrogens with one attached hydrogen (secondary N) is 1. The van der Waals surface area contributed by atoms with Gasteiger partial charge in [-0.15, -0.1) is 0 Å². The van der Waals surface area contributed by atoms with Crippen LogP contribution in [0.15, 0.2) is 48.7 Å². The number of hydrogen-bond donors (Lipinski definition) is 1. The standard InChI is InChI=1S/C40H49ClN2O5/c1-25(24-47-34-11-17-42-33-10-5-7-26(2)37(33)34)19-29-20-28-21-35-36(48-27(3)12-18-46-35)23-32(28)39(29)13-15-40(16-14-39,38(44)45-4)43-31-9-6-8-30(41)22-31/h6,8-9,11,17,21-23,25-27,29,43H,5,7,10,12-16,18-20,24H2,1-4H3/t25-,26-,27-,29+,39?,40?/m1/s1. The van der Waals surface area contributed by atoms with E-state index < -0.39 is 5.54 Å². The first kappa shape index (κ1) is 33.1. The van der Waals surface area contributed by atoms with Crippen molar-refractivity contribution >= 4 is 23.3 Å². The average molecular weight is 673 g/mol. The Hall–Kier alpha value is -3.45. The van der Waals surface area contributed by atoms with E-state index in [-0.39, 0.29) is 17.5 Å². The van der Waals surface area contributed by atoms with Crippen LogP contribution in [0, 0.1) is 11.8 Å². The molecule has 1 saturated carbocycles. The van der Waals surface area contributed by atoms with Crippen LogP contribution >= 0.6 is 11.6 Å². The molecule has 4 aliphatic rings. The van der Waals surface area contributed by atoms with Crippen LogP contribution in [0.3, 0.4) is 0 Å². The summed E-state index contributed by atoms with van der Waals surface area (Å²) in [5.74, 6) is 3.67. The van der Waals surface area contributed by atoms with Gasteiger partial charge < -0.3 is 24.3 Å². The third-order valence-electron chi connectivity index (χ3n) is 11.6. The molecule has 1 fully saturated rings. The van der Waals surface area contributed by atoms with E-state index in [0.717, 1.165) is 61.5 Å². The second kappa shape index (κ2) is 13.5. The van der Waals surface area contributed by atoms with Gasteiger partial charge in [-0.1, -0.05) is 31.5 Å². The molecule has 48 heavy (non-hydrogen) atoms. The molecule has 3 aromatic rings. The van der Waals surface area contributed by atoms with Crippen molar-refractivity contribution in [1.82, 2.24) is 4.98 Å². The maximum absolute atomic E-state index is 13.5. The number of carbonyl (C=O) groups excluding carboxylic acids is 1. The summed E-state index contributed by atoms with van der Waals surface area (Å²) < 4.78 is 24.6. The van der Waals surface area contributed by atoms with Crippen molar-refractivity contribution in [3.8, 4) is 17.2 Å². The molecule has 2 aromatic carbocycles. The van der Waals surface area contributed by atoms with Crippen molar-refractivity contribution in [1.29, 1.82) is 0 Å². The minimum Gasteiger partial charge on any atom is -0.493 e. The Bertz CT molecular complexity index is 1650. The van der Waals surface area contributed by atoms with Crippen molar-refractivity contribution in [3.63, 3.8) is 0 Å². The monoisotopic (exact) mass is 672 g/mol. The van der Waals surface area contributed by atoms with Crippen LogP contribution in [0.2, 0.25) is 5.02 Å². The molecule has 1 aromatic heterocycles. The number of fused-ring (bicyclic) bond motifs is 4. The Balaban J connectivity index is 1.16. The zero-order chi connectivity index (χ0) is 33.5. The van der Waals surface area contributed by atoms with Gasteiger partial charge in [0.1, 0.15) is 11.3 Å². The van der Waals surface area contributed by atoms with E-state index in [9.17, 15) is 4.79 Å². The number of halogens is 1. The Morgan fingerprint density at radius 1 is 1.10 bits per heavy atom. The van der Waals surface area contributed by atoms with Crippen LogP contribution in [0.25, 0.3) is 0 Å². The highest BCUT2D eigenvalue weighted by atomic mass is 35.5. The maximum Gasteiger partial charge on any atom is 0.331 e. The number of pyridine rings is 1. The minimum atomic E-state index is -0.830. The van der Waals surface area contributed by atoms with E-state index in [1.54, 1.807) is 0 Å². The van der Waals surface area contributed by atoms with E-state index in [0.29, 0.717) is 48.8 Å². The summed E-state index contributed by atoms with van der Waals surface area (Å²) in [7, 11) is 1.48. The first-order valence-electron chi connectivity index (χ1n) is 17.9. The lowest BCUT2D eigenvalue weighted by molar-refractivity contribution is -0.148. The van der Waals surface area contributed by atoms with Crippen LogP contribution in [-0.4, -0.2) is 42.9 Å². The van der Waals surface area contributed by atoms with Crippen LogP contribution in [0.4, 0.5) is 5.69 Å². The molecule has 3 aliphatic carbocycles. The Morgan fingerprint density at radius 2 is 1.94 bits per heavy atom. The summed E-state index contributed by atoms with van der Waals surface area (Å²) in [5.41, 5.74) is 5.10. The molecule has 0 amide bonds. The highest BCUT2D eigenvalue weighted by molar-refractivity contribution is 6.30. The van der Waals surface area contributed by atoms with Gasteiger partial charge in [-0.05, 0) is 135 Å². The average Bonchev–Trinajstić information content (AvgIpc) is 3.21. The van der Waals surface area contributed by atoms with Crippen molar-refractivity contribution < 1.29 is 23.7 Å². The van der Waals surface area contributed by atoms with Crippen LogP contribution < -0.4 is 19.5 Å². The van der Waals surface area contributed by atoms with Crippen LogP contribution in [0.1, 0.15) is 100 Å². The molecule has 256 valence electrons. The topological polar surface area (TPSA) is 78.9 Å². The number of carbonyl (C=O) groups is 1. The molecule has 7 nitrogen and oxygen atoms in total. The van der Waals surface area contributed by atoms with E-state index in [1.807, 2.05) is 30.5 Å². The van der Waals surface area contributed by atoms with Gasteiger partial charge in [-0.25, -0.2) is 4.79 Å². The predicted molar refractivity (Wildman–Crippen MR) is 189 cm³/mol. The molecule has 0 bridgehead atoms. The van der Waals surface area contributed by atoms with Crippen molar-refractivity contribution in [2.75, 3.05) is 25.6 Å². The summed E-state index contributed by atoms with van der Waals surface area (Å²) in [6, 6.07) is 14.2. The van der Waals surface area contributed by atoms with Gasteiger partial charge >= 0.3 is 5.97 Å². The van der Waals surface area contributed by atoms with E-state index in [1.165, 1.54) is 42.3 Å². The summed E-state index contributed by atoms with van der Waals surface area (Å²) in [6.45, 7) is 8.04. The van der Waals surface area contributed by atoms with Crippen LogP contribution in [-0.2, 0) is 27.8 Å². The number of ether oxygens (including phenoxy) is 4. The van der Waals surface area contributed by atoms with Gasteiger partial charge in [0.15, 0.2) is 11.5 Å². The number of esters is 1. The van der Waals surface area contributed by atoms with Crippen molar-refractivity contribution in [3.05, 3.63) is 76.1 Å². The number of benzene rings is 2. The Kier molecular flexibility index (Phi) is 9.27. The summed E-state index contributed by atoms with van der Waals surface area (Å²) in [4.78, 5) is 18.2. The van der Waals surface area contributed by atoms with E-state index in [4.69, 9.17) is 30.5 Å². The smallest absolute Gasteiger partial charge is 0.331 e. The molecule has 1 aliphatic heterocycles. The largest absolute Gasteiger partial charge is 0.493 e. The minimum absolute atomic E-state index is 0.0940. The Morgan fingerprint density at radius 3 is 2.73 bits per heavy atom. The first-order chi connectivity index (χ1) is 23.2. The summed E-state index contributed by atoms with van der Waals surface area (Å²) >= 11 is 6.34. The lowest BCUT2D eigenvalue weighted by Crippen LogP contribution is -2.53. The number of methoxy groups -OCH3 is 1. The third kappa shape index (κ3) is 6.23. The van der Waals surface area contributed by atoms with Gasteiger partial charge in [-0.2, -0.15) is 0 Å². The van der Waals surface area contributed by atoms with Crippen molar-refractivity contribution in [2.45, 2.75) is 108 Å². The van der Waals surface area contributed by atoms with Gasteiger partial charge in [0.05, 0.1) is 26.4 Å². The highest BCUT2D eigenvalue weighted by Crippen LogP contribution is 2.58. The van der Waals surface area contributed by atoms with Gasteiger partial charge in [0.2, 0.25) is 0 Å². The van der Waals surface area contributed by atoms with Crippen molar-refractivity contribution in [2.24, 2.45) is 11.8 Å². The number of hydrogen-bond acceptors (Lipinski definition) is 7. The molecule has 2 heterocycles. The summed E-state index contributed by atoms with van der Waals surface area (Å²) in [6.07, 6.45) is 11.3. The maximum atomic E-state index is 13.5. The Labute approximate surface area is 290 Å². The zero-order valence-corrected chi connectivity index (χ0v) is 29.5. The molecular formula is C40H49ClN2O5. The molecule has 0 radical (unpaired) electrons. The number of anilines is 1. The third-order valence-corrected chi connectivity index (χ3v) is 11.9. The molecule has 0 saturated heterocycles. The first-order valence-corrected chi connectivity index (χ1v) is 18.3. The van der Waals surface area contributed by atoms with Gasteiger partial charge in [-0.3, -0.25) is 4.98 Å². The van der Waals surface area contributed by atoms with E-state index >= 15 is 0 Å². The lowest BCUT2D eigenvalue weighted by atomic mass is 9.59. The number of nitrogens with zero attached hydrogens (tertiary/aromatic N) is 1. The molecule has 8 heteroatoms. The second-order valence-corrected chi connectivity index (χ2v) is 15.3. The van der Waals surface area contributed by atoms with E-state index in [2.05, 4.69) is 49.3 Å². The quantitative estimate of drug-likeness (QED) is 0.240. The molecule has 7 rings (SSSR count). The SMILES string of the molecule is COC(=O)C1(Nc2cccc(Cl)c2)CCC2(CC1)c1cc3c(cc1C[C@@H]2C[C@@H](C)COc1ccnc2c1[C@H](C)CCC2)OCC[C@@H](C)O3. The normalized spacial score (nSPS) is 28.1.